The van der Waals surface area contributed by atoms with Crippen LogP contribution in [0.4, 0.5) is 0 Å². The molecule has 12 heteroatoms. The number of hydrogen-bond donors (Lipinski definition) is 6. The van der Waals surface area contributed by atoms with E-state index in [-0.39, 0.29) is 54.2 Å². The van der Waals surface area contributed by atoms with Gasteiger partial charge in [-0.15, -0.1) is 0 Å². The van der Waals surface area contributed by atoms with Crippen LogP contribution in [0.25, 0.3) is 0 Å². The third-order valence-electron chi connectivity index (χ3n) is 12.9. The van der Waals surface area contributed by atoms with Gasteiger partial charge in [-0.1, -0.05) is 13.8 Å². The maximum absolute atomic E-state index is 12.8. The van der Waals surface area contributed by atoms with Crippen LogP contribution in [0.3, 0.4) is 0 Å². The Labute approximate surface area is 266 Å². The van der Waals surface area contributed by atoms with Gasteiger partial charge in [-0.2, -0.15) is 0 Å². The summed E-state index contributed by atoms with van der Waals surface area (Å²) in [7, 11) is -4.07. The van der Waals surface area contributed by atoms with E-state index >= 15 is 0 Å². The van der Waals surface area contributed by atoms with Gasteiger partial charge in [0, 0.05) is 6.42 Å². The summed E-state index contributed by atoms with van der Waals surface area (Å²) >= 11 is 0. The fraction of sp³-hybridized carbons (Fsp3) is 0.879. The summed E-state index contributed by atoms with van der Waals surface area (Å²) in [6, 6.07) is 0. The van der Waals surface area contributed by atoms with E-state index in [1.54, 1.807) is 0 Å². The molecule has 0 aromatic rings. The molecule has 4 fully saturated rings. The van der Waals surface area contributed by atoms with Crippen molar-refractivity contribution in [2.75, 3.05) is 12.3 Å². The van der Waals surface area contributed by atoms with Gasteiger partial charge < -0.3 is 5.11 Å². The van der Waals surface area contributed by atoms with Crippen molar-refractivity contribution in [3.05, 3.63) is 0 Å². The summed E-state index contributed by atoms with van der Waals surface area (Å²) in [4.78, 5) is 67.2. The fourth-order valence-electron chi connectivity index (χ4n) is 10.5. The monoisotopic (exact) mass is 658 g/mol. The molecule has 0 amide bonds. The molecule has 0 saturated heterocycles. The van der Waals surface area contributed by atoms with Gasteiger partial charge in [-0.3, -0.25) is 4.79 Å². The average Bonchev–Trinajstić information content (AvgIpc) is 3.30. The van der Waals surface area contributed by atoms with Crippen LogP contribution in [-0.4, -0.2) is 78.6 Å². The molecule has 6 N–H and O–H groups in total. The molecule has 4 aliphatic carbocycles. The number of rotatable bonds is 14. The molecule has 0 heterocycles. The standard InChI is InChI=1S/C33H55O11P/c1-19(4-8-27(35)36)23-6-7-24-30-25(11-14-33(23,24)3)32(2)13-10-22(16-21(32)17-26(30)34)44-29(39)12-15-45(42,43)18-20(31(40)41)5-9-28(37)38/h19-26,30,34,42-43,45H,4-18H2,1-3H3,(H,35,36)(H,37,38)(H,40,41)/t19-,20?,21+,22-,23?,24?,25?,26+,30?,32+,33-/m1/s1. The Bertz CT molecular complexity index is 1110. The molecular weight excluding hydrogens is 603 g/mol. The Morgan fingerprint density at radius 3 is 2.11 bits per heavy atom. The number of esters is 1. The second-order valence-corrected chi connectivity index (χ2v) is 18.3. The van der Waals surface area contributed by atoms with E-state index in [4.69, 9.17) is 9.84 Å². The number of ether oxygens (including phenoxy) is 1. The van der Waals surface area contributed by atoms with E-state index in [1.807, 2.05) is 0 Å². The molecule has 4 saturated carbocycles. The van der Waals surface area contributed by atoms with Gasteiger partial charge in [0.15, 0.2) is 0 Å². The first-order chi connectivity index (χ1) is 21.0. The second kappa shape index (κ2) is 14.1. The second-order valence-electron chi connectivity index (χ2n) is 15.5. The van der Waals surface area contributed by atoms with Gasteiger partial charge in [0.25, 0.3) is 0 Å². The zero-order chi connectivity index (χ0) is 33.3. The van der Waals surface area contributed by atoms with Crippen molar-refractivity contribution in [2.45, 2.75) is 116 Å². The third kappa shape index (κ3) is 8.02. The number of carboxylic acids is 3. The van der Waals surface area contributed by atoms with Gasteiger partial charge in [0.05, 0.1) is 0 Å². The first-order valence-corrected chi connectivity index (χ1v) is 19.3. The van der Waals surface area contributed by atoms with Crippen molar-refractivity contribution in [3.8, 4) is 0 Å². The Morgan fingerprint density at radius 2 is 1.47 bits per heavy atom. The fourth-order valence-corrected chi connectivity index (χ4v) is 12.4. The minimum absolute atomic E-state index is 0.0290. The molecule has 0 bridgehead atoms. The van der Waals surface area contributed by atoms with E-state index in [0.29, 0.717) is 49.4 Å². The zero-order valence-corrected chi connectivity index (χ0v) is 28.0. The Kier molecular flexibility index (Phi) is 11.3. The molecule has 258 valence electrons. The van der Waals surface area contributed by atoms with Crippen LogP contribution in [0.2, 0.25) is 0 Å². The molecule has 11 nitrogen and oxygen atoms in total. The molecule has 0 radical (unpaired) electrons. The number of carboxylic acid groups (broad SMARTS) is 3. The third-order valence-corrected chi connectivity index (χ3v) is 15.1. The van der Waals surface area contributed by atoms with Gasteiger partial charge in [-0.05, 0) is 24.7 Å². The van der Waals surface area contributed by atoms with Gasteiger partial charge in [-0.25, -0.2) is 0 Å². The van der Waals surface area contributed by atoms with E-state index in [1.165, 1.54) is 0 Å². The molecule has 0 aliphatic heterocycles. The number of aliphatic carboxylic acids is 3. The number of hydrogen-bond acceptors (Lipinski definition) is 8. The topological polar surface area (TPSA) is 199 Å². The molecule has 0 aromatic heterocycles. The molecule has 4 aliphatic rings. The summed E-state index contributed by atoms with van der Waals surface area (Å²) in [6.45, 7) is 6.93. The van der Waals surface area contributed by atoms with Crippen LogP contribution in [0.5, 0.6) is 0 Å². The van der Waals surface area contributed by atoms with Crippen molar-refractivity contribution in [3.63, 3.8) is 0 Å². The molecule has 11 atom stereocenters. The Hall–Kier alpha value is -1.81. The number of carbonyl (C=O) groups is 4. The zero-order valence-electron chi connectivity index (χ0n) is 27.0. The number of aliphatic hydroxyl groups excluding tert-OH is 1. The quantitative estimate of drug-likeness (QED) is 0.113. The van der Waals surface area contributed by atoms with Crippen LogP contribution in [0.1, 0.15) is 104 Å². The Balaban J connectivity index is 1.32. The van der Waals surface area contributed by atoms with Crippen LogP contribution < -0.4 is 0 Å². The number of fused-ring (bicyclic) bond motifs is 5. The normalized spacial score (nSPS) is 37.8. The predicted molar refractivity (Wildman–Crippen MR) is 168 cm³/mol. The van der Waals surface area contributed by atoms with Gasteiger partial charge in [0.2, 0.25) is 0 Å². The van der Waals surface area contributed by atoms with Crippen LogP contribution in [0.15, 0.2) is 0 Å². The summed E-state index contributed by atoms with van der Waals surface area (Å²) in [6.07, 6.45) is 5.72. The summed E-state index contributed by atoms with van der Waals surface area (Å²) < 4.78 is 5.79. The average molecular weight is 659 g/mol. The first-order valence-electron chi connectivity index (χ1n) is 17.0. The molecule has 0 spiro atoms. The minimum atomic E-state index is -4.07. The summed E-state index contributed by atoms with van der Waals surface area (Å²) in [5.74, 6) is -2.93. The van der Waals surface area contributed by atoms with Crippen molar-refractivity contribution < 1.29 is 54.1 Å². The maximum atomic E-state index is 12.8. The van der Waals surface area contributed by atoms with E-state index in [2.05, 4.69) is 20.8 Å². The van der Waals surface area contributed by atoms with Crippen LogP contribution in [0, 0.1) is 52.3 Å². The number of aliphatic hydroxyl groups is 1. The van der Waals surface area contributed by atoms with Crippen molar-refractivity contribution in [1.82, 2.24) is 0 Å². The van der Waals surface area contributed by atoms with Crippen molar-refractivity contribution >= 4 is 31.6 Å². The number of carbonyl (C=O) groups excluding carboxylic acids is 1. The molecule has 4 rings (SSSR count). The van der Waals surface area contributed by atoms with Crippen molar-refractivity contribution in [1.29, 1.82) is 0 Å². The molecule has 0 aromatic carbocycles. The van der Waals surface area contributed by atoms with Gasteiger partial charge >= 0.3 is 212 Å². The van der Waals surface area contributed by atoms with Gasteiger partial charge in [0.1, 0.15) is 0 Å². The van der Waals surface area contributed by atoms with Crippen molar-refractivity contribution in [2.24, 2.45) is 52.3 Å². The summed E-state index contributed by atoms with van der Waals surface area (Å²) in [5, 5.41) is 39.0. The molecule has 45 heavy (non-hydrogen) atoms. The van der Waals surface area contributed by atoms with E-state index in [9.17, 15) is 44.3 Å². The van der Waals surface area contributed by atoms with E-state index < -0.39 is 56.2 Å². The summed E-state index contributed by atoms with van der Waals surface area (Å²) in [5.41, 5.74) is 0.135. The van der Waals surface area contributed by atoms with Crippen LogP contribution >= 0.6 is 7.72 Å². The predicted octanol–water partition coefficient (Wildman–Crippen LogP) is 4.55. The molecular formula is C33H55O11P. The first kappa shape index (κ1) is 36.0. The van der Waals surface area contributed by atoms with E-state index in [0.717, 1.165) is 32.1 Å². The molecule has 5 unspecified atom stereocenters. The Morgan fingerprint density at radius 1 is 0.844 bits per heavy atom. The van der Waals surface area contributed by atoms with Crippen LogP contribution in [-0.2, 0) is 23.9 Å². The SMILES string of the molecule is C[C@H](CCC(=O)O)C1CCC2C3C(CC[C@@]21C)[C@@]1(C)CC[C@@H](OC(=O)CC[PH](O)(O)CC(CCC(=O)O)C(=O)O)C[C@H]1C[C@@H]3O.